The first-order valence-corrected chi connectivity index (χ1v) is 2.70. The zero-order chi connectivity index (χ0) is 8.57. The summed E-state index contributed by atoms with van der Waals surface area (Å²) in [4.78, 5) is 0. The number of nitrogens with zero attached hydrogens (tertiary/aromatic N) is 2. The summed E-state index contributed by atoms with van der Waals surface area (Å²) in [6, 6.07) is 0. The molecule has 6 N–H and O–H groups in total. The van der Waals surface area contributed by atoms with Crippen molar-refractivity contribution in [3.63, 3.8) is 0 Å². The van der Waals surface area contributed by atoms with E-state index in [9.17, 15) is 0 Å². The molecule has 0 unspecified atom stereocenters. The molecule has 0 aromatic rings. The quantitative estimate of drug-likeness (QED) is 0.196. The molecule has 0 radical (unpaired) electrons. The Morgan fingerprint density at radius 1 is 1.00 bits per heavy atom. The predicted octanol–water partition coefficient (Wildman–Crippen LogP) is -0.372. The summed E-state index contributed by atoms with van der Waals surface area (Å²) in [6.07, 6.45) is 0. The third kappa shape index (κ3) is 43.9. The normalized spacial score (nSPS) is 10.5. The molecule has 0 atom stereocenters. The molecule has 0 saturated carbocycles. The molecule has 0 rings (SSSR count). The largest absolute Gasteiger partial charge is 0.745 e. The third-order valence-electron chi connectivity index (χ3n) is 0.220. The minimum absolute atomic E-state index is 0. The van der Waals surface area contributed by atoms with Crippen molar-refractivity contribution in [2.75, 3.05) is 0 Å². The SMILES string of the molecule is [NH-]/N=C(/N)[S-].[NH-]/N=C(/N)[S-].[Ni]. The van der Waals surface area contributed by atoms with E-state index in [1.54, 1.807) is 0 Å². The van der Waals surface area contributed by atoms with Crippen LogP contribution in [0, 0.1) is 0 Å². The molecule has 6 nitrogen and oxygen atoms in total. The third-order valence-corrected chi connectivity index (χ3v) is 0.403. The van der Waals surface area contributed by atoms with Gasteiger partial charge in [0.05, 0.1) is 0 Å². The average molecular weight is 237 g/mol. The van der Waals surface area contributed by atoms with Crippen molar-refractivity contribution < 1.29 is 16.5 Å². The minimum atomic E-state index is -0.120. The van der Waals surface area contributed by atoms with Crippen LogP contribution in [0.3, 0.4) is 0 Å². The molecule has 0 fully saturated rings. The molecule has 0 aromatic carbocycles. The van der Waals surface area contributed by atoms with Gasteiger partial charge in [-0.25, -0.2) is 0 Å². The van der Waals surface area contributed by atoms with Crippen LogP contribution in [0.25, 0.3) is 11.7 Å². The Kier molecular flexibility index (Phi) is 18.6. The monoisotopic (exact) mass is 236 g/mol. The van der Waals surface area contributed by atoms with Crippen LogP contribution in [-0.4, -0.2) is 10.3 Å². The topological polar surface area (TPSA) is 124 Å². The van der Waals surface area contributed by atoms with Gasteiger partial charge in [0.15, 0.2) is 0 Å². The Balaban J connectivity index is -0.000000107. The first kappa shape index (κ1) is 16.8. The van der Waals surface area contributed by atoms with Gasteiger partial charge in [0, 0.05) is 16.5 Å². The fourth-order valence-corrected chi connectivity index (χ4v) is 0. The van der Waals surface area contributed by atoms with Gasteiger partial charge in [-0.1, -0.05) is 10.3 Å². The van der Waals surface area contributed by atoms with Gasteiger partial charge in [-0.05, 0) is 0 Å². The first-order chi connectivity index (χ1) is 4.54. The number of nitrogens with two attached hydrogens (primary N) is 2. The van der Waals surface area contributed by atoms with E-state index in [1.165, 1.54) is 0 Å². The molecule has 0 bridgehead atoms. The van der Waals surface area contributed by atoms with Gasteiger partial charge in [0.25, 0.3) is 0 Å². The van der Waals surface area contributed by atoms with Crippen molar-refractivity contribution >= 4 is 35.6 Å². The smallest absolute Gasteiger partial charge is 0 e. The van der Waals surface area contributed by atoms with Gasteiger partial charge in [0.1, 0.15) is 0 Å². The van der Waals surface area contributed by atoms with E-state index in [2.05, 4.69) is 46.9 Å². The van der Waals surface area contributed by atoms with Crippen LogP contribution in [0.1, 0.15) is 0 Å². The molecular formula is C2H6N6NiS2-4. The summed E-state index contributed by atoms with van der Waals surface area (Å²) >= 11 is 8.24. The van der Waals surface area contributed by atoms with Gasteiger partial charge in [0.2, 0.25) is 0 Å². The second kappa shape index (κ2) is 12.2. The molecule has 0 heterocycles. The van der Waals surface area contributed by atoms with Crippen molar-refractivity contribution in [1.82, 2.24) is 0 Å². The summed E-state index contributed by atoms with van der Waals surface area (Å²) < 4.78 is 0. The van der Waals surface area contributed by atoms with Gasteiger partial charge >= 0.3 is 0 Å². The van der Waals surface area contributed by atoms with Crippen molar-refractivity contribution in [3.8, 4) is 0 Å². The maximum absolute atomic E-state index is 6.02. The fourth-order valence-electron chi connectivity index (χ4n) is 0. The Morgan fingerprint density at radius 3 is 1.09 bits per heavy atom. The molecule has 0 aliphatic carbocycles. The van der Waals surface area contributed by atoms with E-state index in [1.807, 2.05) is 0 Å². The van der Waals surface area contributed by atoms with Crippen LogP contribution in [0.5, 0.6) is 0 Å². The van der Waals surface area contributed by atoms with Crippen molar-refractivity contribution in [2.24, 2.45) is 21.7 Å². The van der Waals surface area contributed by atoms with E-state index < -0.39 is 0 Å². The standard InChI is InChI=1S/2CH4N3S.Ni/c2*2-1(5)4-3;/h2*3H,(H3,2,4,5);/q2*-1;/p-2. The predicted molar refractivity (Wildman–Crippen MR) is 46.6 cm³/mol. The van der Waals surface area contributed by atoms with E-state index >= 15 is 0 Å². The molecule has 9 heteroatoms. The first-order valence-electron chi connectivity index (χ1n) is 1.88. The molecule has 0 aromatic heterocycles. The molecule has 0 aliphatic rings. The zero-order valence-electron chi connectivity index (χ0n) is 5.18. The maximum atomic E-state index is 6.02. The molecular weight excluding hydrogens is 231 g/mol. The van der Waals surface area contributed by atoms with Crippen LogP contribution >= 0.6 is 0 Å². The van der Waals surface area contributed by atoms with E-state index in [4.69, 9.17) is 11.7 Å². The Labute approximate surface area is 85.6 Å². The Morgan fingerprint density at radius 2 is 1.09 bits per heavy atom. The van der Waals surface area contributed by atoms with Gasteiger partial charge in [-0.3, -0.25) is 0 Å². The molecule has 70 valence electrons. The molecule has 0 aliphatic heterocycles. The minimum Gasteiger partial charge on any atom is -0.745 e. The van der Waals surface area contributed by atoms with Gasteiger partial charge in [-0.15, -0.1) is 0 Å². The van der Waals surface area contributed by atoms with Crippen molar-refractivity contribution in [1.29, 1.82) is 0 Å². The van der Waals surface area contributed by atoms with E-state index in [-0.39, 0.29) is 26.8 Å². The fraction of sp³-hybridized carbons (Fsp3) is 0. The number of amidine groups is 2. The maximum Gasteiger partial charge on any atom is 0 e. The molecule has 0 spiro atoms. The number of rotatable bonds is 0. The molecule has 11 heavy (non-hydrogen) atoms. The van der Waals surface area contributed by atoms with Gasteiger partial charge < -0.3 is 58.6 Å². The zero-order valence-corrected chi connectivity index (χ0v) is 7.80. The van der Waals surface area contributed by atoms with Crippen LogP contribution < -0.4 is 11.5 Å². The second-order valence-electron chi connectivity index (χ2n) is 0.900. The Bertz CT molecular complexity index is 111. The summed E-state index contributed by atoms with van der Waals surface area (Å²) in [7, 11) is 0. The summed E-state index contributed by atoms with van der Waals surface area (Å²) in [5.41, 5.74) is 9.34. The molecule has 0 saturated heterocycles. The van der Waals surface area contributed by atoms with Crippen LogP contribution in [0.4, 0.5) is 0 Å². The average Bonchev–Trinajstić information content (AvgIpc) is 1.89. The van der Waals surface area contributed by atoms with Crippen molar-refractivity contribution in [3.05, 3.63) is 11.7 Å². The number of hydrogen-bond acceptors (Lipinski definition) is 4. The summed E-state index contributed by atoms with van der Waals surface area (Å²) in [5.74, 6) is 12.0. The molecule has 0 amide bonds. The Hall–Kier alpha value is -0.526. The van der Waals surface area contributed by atoms with Crippen molar-refractivity contribution in [2.45, 2.75) is 0 Å². The summed E-state index contributed by atoms with van der Waals surface area (Å²) in [5, 5.41) is 5.06. The van der Waals surface area contributed by atoms with E-state index in [0.29, 0.717) is 0 Å². The van der Waals surface area contributed by atoms with E-state index in [0.717, 1.165) is 0 Å². The van der Waals surface area contributed by atoms with Crippen LogP contribution in [0.15, 0.2) is 10.2 Å². The second-order valence-corrected chi connectivity index (χ2v) is 1.74. The van der Waals surface area contributed by atoms with Crippen LogP contribution in [-0.2, 0) is 41.7 Å². The number of nitrogens with one attached hydrogen (secondary N) is 2. The summed E-state index contributed by atoms with van der Waals surface area (Å²) in [6.45, 7) is 0. The van der Waals surface area contributed by atoms with Crippen LogP contribution in [0.2, 0.25) is 0 Å². The van der Waals surface area contributed by atoms with Gasteiger partial charge in [-0.2, -0.15) is 0 Å². The number of hydrogen-bond donors (Lipinski definition) is 2.